The number of hydrogen-bond donors (Lipinski definition) is 0. The summed E-state index contributed by atoms with van der Waals surface area (Å²) in [6.07, 6.45) is 0. The molecule has 2 aromatic carbocycles. The number of aryl methyl sites for hydroxylation is 1. The van der Waals surface area contributed by atoms with E-state index in [4.69, 9.17) is 0 Å². The quantitative estimate of drug-likeness (QED) is 0.470. The Morgan fingerprint density at radius 1 is 1.05 bits per heavy atom. The van der Waals surface area contributed by atoms with Crippen LogP contribution in [-0.2, 0) is 9.84 Å². The monoisotopic (exact) mass is 335 g/mol. The van der Waals surface area contributed by atoms with Gasteiger partial charge in [-0.1, -0.05) is 29.5 Å². The molecule has 0 aliphatic heterocycles. The minimum Gasteiger partial charge on any atom is -0.258 e. The largest absolute Gasteiger partial charge is 0.269 e. The molecule has 0 fully saturated rings. The Labute approximate surface area is 132 Å². The van der Waals surface area contributed by atoms with Crippen molar-refractivity contribution in [2.24, 2.45) is 0 Å². The first-order valence-corrected chi connectivity index (χ1v) is 8.70. The Morgan fingerprint density at radius 2 is 1.64 bits per heavy atom. The summed E-state index contributed by atoms with van der Waals surface area (Å²) in [5.41, 5.74) is 0.990. The van der Waals surface area contributed by atoms with Crippen LogP contribution in [0.2, 0.25) is 0 Å². The van der Waals surface area contributed by atoms with Crippen molar-refractivity contribution in [2.45, 2.75) is 16.7 Å². The molecule has 0 bridgehead atoms. The number of non-ortho nitro benzene ring substituents is 1. The Hall–Kier alpha value is -2.12. The summed E-state index contributed by atoms with van der Waals surface area (Å²) >= 11 is 1.29. The molecule has 114 valence electrons. The highest BCUT2D eigenvalue weighted by Gasteiger charge is 2.12. The van der Waals surface area contributed by atoms with E-state index in [1.54, 1.807) is 0 Å². The average molecular weight is 335 g/mol. The zero-order valence-electron chi connectivity index (χ0n) is 11.7. The summed E-state index contributed by atoms with van der Waals surface area (Å²) in [4.78, 5) is 10.9. The van der Waals surface area contributed by atoms with Gasteiger partial charge in [0.2, 0.25) is 0 Å². The van der Waals surface area contributed by atoms with Crippen LogP contribution in [0.5, 0.6) is 0 Å². The molecule has 0 radical (unpaired) electrons. The molecule has 7 heteroatoms. The van der Waals surface area contributed by atoms with Gasteiger partial charge in [-0.05, 0) is 36.6 Å². The van der Waals surface area contributed by atoms with Gasteiger partial charge in [0.1, 0.15) is 0 Å². The minimum absolute atomic E-state index is 0.0267. The van der Waals surface area contributed by atoms with Crippen LogP contribution in [0, 0.1) is 17.0 Å². The molecule has 5 nitrogen and oxygen atoms in total. The van der Waals surface area contributed by atoms with E-state index in [9.17, 15) is 18.5 Å². The summed E-state index contributed by atoms with van der Waals surface area (Å²) in [6, 6.07) is 12.5. The first-order chi connectivity index (χ1) is 10.4. The molecule has 0 amide bonds. The lowest BCUT2D eigenvalue weighted by atomic mass is 10.2. The first kappa shape index (κ1) is 16.3. The van der Waals surface area contributed by atoms with Gasteiger partial charge >= 0.3 is 0 Å². The van der Waals surface area contributed by atoms with Gasteiger partial charge in [-0.15, -0.1) is 0 Å². The molecule has 0 unspecified atom stereocenters. The highest BCUT2D eigenvalue weighted by molar-refractivity contribution is 8.03. The predicted octanol–water partition coefficient (Wildman–Crippen LogP) is 3.94. The second-order valence-corrected chi connectivity index (χ2v) is 7.31. The van der Waals surface area contributed by atoms with Crippen molar-refractivity contribution < 1.29 is 13.3 Å². The molecular weight excluding hydrogens is 322 g/mol. The van der Waals surface area contributed by atoms with Gasteiger partial charge in [-0.3, -0.25) is 10.1 Å². The SMILES string of the molecule is Cc1ccc(S/C=C/S(=O)(=O)c2ccc([N+](=O)[O-])cc2)cc1. The lowest BCUT2D eigenvalue weighted by molar-refractivity contribution is -0.384. The van der Waals surface area contributed by atoms with Crippen LogP contribution in [0.3, 0.4) is 0 Å². The third kappa shape index (κ3) is 4.19. The van der Waals surface area contributed by atoms with Crippen molar-refractivity contribution >= 4 is 27.3 Å². The van der Waals surface area contributed by atoms with Gasteiger partial charge in [0.05, 0.1) is 9.82 Å². The van der Waals surface area contributed by atoms with Crippen molar-refractivity contribution in [3.05, 3.63) is 75.0 Å². The van der Waals surface area contributed by atoms with Crippen LogP contribution in [0.15, 0.2) is 69.1 Å². The molecule has 0 saturated carbocycles. The van der Waals surface area contributed by atoms with Crippen LogP contribution >= 0.6 is 11.8 Å². The maximum Gasteiger partial charge on any atom is 0.269 e. The molecule has 0 atom stereocenters. The Balaban J connectivity index is 2.11. The van der Waals surface area contributed by atoms with Gasteiger partial charge in [-0.2, -0.15) is 0 Å². The molecule has 0 spiro atoms. The van der Waals surface area contributed by atoms with Gasteiger partial charge in [-0.25, -0.2) is 8.42 Å². The van der Waals surface area contributed by atoms with E-state index in [-0.39, 0.29) is 10.6 Å². The maximum atomic E-state index is 12.1. The molecule has 22 heavy (non-hydrogen) atoms. The van der Waals surface area contributed by atoms with Gasteiger partial charge in [0.15, 0.2) is 9.84 Å². The van der Waals surface area contributed by atoms with Crippen LogP contribution in [-0.4, -0.2) is 13.3 Å². The number of nitrogens with zero attached hydrogens (tertiary/aromatic N) is 1. The van der Waals surface area contributed by atoms with E-state index < -0.39 is 14.8 Å². The Kier molecular flexibility index (Phi) is 4.99. The molecule has 2 aromatic rings. The summed E-state index contributed by atoms with van der Waals surface area (Å²) in [7, 11) is -3.61. The molecule has 0 aliphatic rings. The highest BCUT2D eigenvalue weighted by atomic mass is 32.2. The summed E-state index contributed by atoms with van der Waals surface area (Å²) in [5, 5.41) is 13.1. The van der Waals surface area contributed by atoms with Crippen molar-refractivity contribution in [3.8, 4) is 0 Å². The zero-order valence-corrected chi connectivity index (χ0v) is 13.3. The molecular formula is C15H13NO4S2. The molecule has 2 rings (SSSR count). The normalized spacial score (nSPS) is 11.7. The lowest BCUT2D eigenvalue weighted by Gasteiger charge is -1.99. The van der Waals surface area contributed by atoms with E-state index in [1.807, 2.05) is 31.2 Å². The lowest BCUT2D eigenvalue weighted by Crippen LogP contribution is -1.96. The standard InChI is InChI=1S/C15H13NO4S2/c1-12-2-6-14(7-3-12)21-10-11-22(19,20)15-8-4-13(5-9-15)16(17)18/h2-11H,1H3/b11-10+. The van der Waals surface area contributed by atoms with Crippen molar-refractivity contribution in [2.75, 3.05) is 0 Å². The number of nitro groups is 1. The number of sulfone groups is 1. The third-order valence-electron chi connectivity index (χ3n) is 2.84. The van der Waals surface area contributed by atoms with Crippen molar-refractivity contribution in [3.63, 3.8) is 0 Å². The number of hydrogen-bond acceptors (Lipinski definition) is 5. The summed E-state index contributed by atoms with van der Waals surface area (Å²) in [5.74, 6) is 0. The number of thioether (sulfide) groups is 1. The molecule has 0 aromatic heterocycles. The minimum atomic E-state index is -3.61. The Morgan fingerprint density at radius 3 is 2.18 bits per heavy atom. The fourth-order valence-corrected chi connectivity index (χ4v) is 3.56. The highest BCUT2D eigenvalue weighted by Crippen LogP contribution is 2.22. The smallest absolute Gasteiger partial charge is 0.258 e. The molecule has 0 N–H and O–H groups in total. The first-order valence-electron chi connectivity index (χ1n) is 6.28. The predicted molar refractivity (Wildman–Crippen MR) is 86.5 cm³/mol. The van der Waals surface area contributed by atoms with E-state index in [0.29, 0.717) is 0 Å². The fraction of sp³-hybridized carbons (Fsp3) is 0.0667. The van der Waals surface area contributed by atoms with E-state index in [0.717, 1.165) is 15.9 Å². The zero-order chi connectivity index (χ0) is 16.2. The number of benzene rings is 2. The fourth-order valence-electron chi connectivity index (χ4n) is 1.63. The van der Waals surface area contributed by atoms with Crippen LogP contribution in [0.25, 0.3) is 0 Å². The summed E-state index contributed by atoms with van der Waals surface area (Å²) in [6.45, 7) is 1.98. The van der Waals surface area contributed by atoms with Gasteiger partial charge < -0.3 is 0 Å². The topological polar surface area (TPSA) is 77.3 Å². The maximum absolute atomic E-state index is 12.1. The van der Waals surface area contributed by atoms with Gasteiger partial charge in [0.25, 0.3) is 5.69 Å². The molecule has 0 heterocycles. The van der Waals surface area contributed by atoms with Crippen LogP contribution in [0.4, 0.5) is 5.69 Å². The van der Waals surface area contributed by atoms with E-state index >= 15 is 0 Å². The molecule has 0 aliphatic carbocycles. The Bertz CT molecular complexity index is 794. The van der Waals surface area contributed by atoms with Crippen LogP contribution in [0.1, 0.15) is 5.56 Å². The molecule has 0 saturated heterocycles. The van der Waals surface area contributed by atoms with Crippen LogP contribution < -0.4 is 0 Å². The van der Waals surface area contributed by atoms with Gasteiger partial charge in [0, 0.05) is 22.4 Å². The third-order valence-corrected chi connectivity index (χ3v) is 5.25. The van der Waals surface area contributed by atoms with Crippen molar-refractivity contribution in [1.29, 1.82) is 0 Å². The second kappa shape index (κ2) is 6.76. The number of nitro benzene ring substituents is 1. The summed E-state index contributed by atoms with van der Waals surface area (Å²) < 4.78 is 24.2. The van der Waals surface area contributed by atoms with E-state index in [2.05, 4.69) is 0 Å². The number of rotatable bonds is 5. The average Bonchev–Trinajstić information content (AvgIpc) is 2.49. The van der Waals surface area contributed by atoms with Crippen molar-refractivity contribution in [1.82, 2.24) is 0 Å². The van der Waals surface area contributed by atoms with E-state index in [1.165, 1.54) is 41.4 Å². The second-order valence-electron chi connectivity index (χ2n) is 4.50.